The lowest BCUT2D eigenvalue weighted by atomic mass is 10.1. The number of hydrogen-bond acceptors (Lipinski definition) is 3. The Kier molecular flexibility index (Phi) is 4.19. The number of nitrogens with zero attached hydrogens (tertiary/aromatic N) is 3. The van der Waals surface area contributed by atoms with Gasteiger partial charge in [-0.15, -0.1) is 0 Å². The predicted octanol–water partition coefficient (Wildman–Crippen LogP) is 2.22. The maximum absolute atomic E-state index is 13.7. The second kappa shape index (κ2) is 6.68. The van der Waals surface area contributed by atoms with E-state index in [0.717, 1.165) is 5.56 Å². The molecule has 0 aliphatic rings. The highest BCUT2D eigenvalue weighted by molar-refractivity contribution is 6.06. The standard InChI is InChI=1S/C20H17FN4O2/c21-14-6-7-16-15(10-14)18-19(25(16)11-17(22)26)20(27)24(12-23-18)9-8-13-4-2-1-3-5-13/h1-7,10,12H,8-9,11H2,(H2,22,26). The van der Waals surface area contributed by atoms with Crippen LogP contribution in [0.2, 0.25) is 0 Å². The molecule has 0 spiro atoms. The zero-order chi connectivity index (χ0) is 19.0. The van der Waals surface area contributed by atoms with Gasteiger partial charge in [-0.1, -0.05) is 30.3 Å². The van der Waals surface area contributed by atoms with E-state index in [1.54, 1.807) is 0 Å². The maximum Gasteiger partial charge on any atom is 0.277 e. The lowest BCUT2D eigenvalue weighted by Gasteiger charge is -2.07. The van der Waals surface area contributed by atoms with E-state index < -0.39 is 11.7 Å². The molecule has 27 heavy (non-hydrogen) atoms. The number of halogens is 1. The number of carbonyl (C=O) groups is 1. The van der Waals surface area contributed by atoms with Crippen LogP contribution >= 0.6 is 0 Å². The summed E-state index contributed by atoms with van der Waals surface area (Å²) in [6, 6.07) is 13.9. The first-order chi connectivity index (χ1) is 13.0. The van der Waals surface area contributed by atoms with E-state index in [9.17, 15) is 14.0 Å². The van der Waals surface area contributed by atoms with E-state index >= 15 is 0 Å². The minimum atomic E-state index is -0.586. The Morgan fingerprint density at radius 2 is 1.93 bits per heavy atom. The first-order valence-corrected chi connectivity index (χ1v) is 8.54. The zero-order valence-electron chi connectivity index (χ0n) is 14.4. The number of aromatic nitrogens is 3. The molecule has 0 aliphatic carbocycles. The molecule has 0 saturated heterocycles. The van der Waals surface area contributed by atoms with Crippen LogP contribution in [0.25, 0.3) is 21.9 Å². The quantitative estimate of drug-likeness (QED) is 0.589. The van der Waals surface area contributed by atoms with E-state index in [4.69, 9.17) is 5.73 Å². The van der Waals surface area contributed by atoms with Crippen molar-refractivity contribution in [2.45, 2.75) is 19.5 Å². The summed E-state index contributed by atoms with van der Waals surface area (Å²) in [6.45, 7) is 0.267. The normalized spacial score (nSPS) is 11.3. The summed E-state index contributed by atoms with van der Waals surface area (Å²) in [4.78, 5) is 29.0. The van der Waals surface area contributed by atoms with E-state index in [0.29, 0.717) is 29.4 Å². The van der Waals surface area contributed by atoms with Crippen molar-refractivity contribution in [3.63, 3.8) is 0 Å². The summed E-state index contributed by atoms with van der Waals surface area (Å²) in [5, 5.41) is 0.485. The minimum Gasteiger partial charge on any atom is -0.368 e. The molecule has 4 aromatic rings. The van der Waals surface area contributed by atoms with Crippen molar-refractivity contribution in [3.05, 3.63) is 76.6 Å². The summed E-state index contributed by atoms with van der Waals surface area (Å²) in [5.41, 5.74) is 7.35. The van der Waals surface area contributed by atoms with Crippen molar-refractivity contribution in [1.29, 1.82) is 0 Å². The molecule has 2 N–H and O–H groups in total. The highest BCUT2D eigenvalue weighted by Crippen LogP contribution is 2.26. The third kappa shape index (κ3) is 3.08. The first kappa shape index (κ1) is 17.0. The highest BCUT2D eigenvalue weighted by Gasteiger charge is 2.18. The number of hydrogen-bond donors (Lipinski definition) is 1. The molecule has 6 nitrogen and oxygen atoms in total. The first-order valence-electron chi connectivity index (χ1n) is 8.54. The molecular weight excluding hydrogens is 347 g/mol. The van der Waals surface area contributed by atoms with Gasteiger partial charge < -0.3 is 10.3 Å². The summed E-state index contributed by atoms with van der Waals surface area (Å²) in [6.07, 6.45) is 2.13. The molecule has 0 bridgehead atoms. The molecule has 136 valence electrons. The van der Waals surface area contributed by atoms with Gasteiger partial charge >= 0.3 is 0 Å². The van der Waals surface area contributed by atoms with Crippen LogP contribution in [0.5, 0.6) is 0 Å². The van der Waals surface area contributed by atoms with Crippen molar-refractivity contribution < 1.29 is 9.18 Å². The van der Waals surface area contributed by atoms with Crippen LogP contribution in [0.15, 0.2) is 59.7 Å². The number of benzene rings is 2. The van der Waals surface area contributed by atoms with Crippen LogP contribution < -0.4 is 11.3 Å². The molecule has 1 amide bonds. The Balaban J connectivity index is 1.87. The van der Waals surface area contributed by atoms with Crippen LogP contribution in [-0.2, 0) is 24.3 Å². The number of aryl methyl sites for hydroxylation is 2. The number of amides is 1. The minimum absolute atomic E-state index is 0.175. The molecule has 0 radical (unpaired) electrons. The molecule has 2 aromatic heterocycles. The van der Waals surface area contributed by atoms with Crippen LogP contribution in [0.4, 0.5) is 4.39 Å². The number of carbonyl (C=O) groups excluding carboxylic acids is 1. The Labute approximate surface area is 153 Å². The predicted molar refractivity (Wildman–Crippen MR) is 101 cm³/mol. The van der Waals surface area contributed by atoms with Gasteiger partial charge in [-0.3, -0.25) is 14.2 Å². The summed E-state index contributed by atoms with van der Waals surface area (Å²) >= 11 is 0. The SMILES string of the molecule is NC(=O)Cn1c2ccc(F)cc2c2ncn(CCc3ccccc3)c(=O)c21. The summed E-state index contributed by atoms with van der Waals surface area (Å²) < 4.78 is 16.7. The van der Waals surface area contributed by atoms with E-state index in [1.165, 1.54) is 33.7 Å². The number of fused-ring (bicyclic) bond motifs is 3. The summed E-state index contributed by atoms with van der Waals surface area (Å²) in [7, 11) is 0. The molecule has 0 atom stereocenters. The van der Waals surface area contributed by atoms with E-state index in [-0.39, 0.29) is 17.6 Å². The van der Waals surface area contributed by atoms with Gasteiger partial charge in [0.05, 0.1) is 11.8 Å². The van der Waals surface area contributed by atoms with Crippen molar-refractivity contribution in [2.24, 2.45) is 5.73 Å². The topological polar surface area (TPSA) is 82.9 Å². The lowest BCUT2D eigenvalue weighted by molar-refractivity contribution is -0.118. The van der Waals surface area contributed by atoms with E-state index in [2.05, 4.69) is 4.98 Å². The smallest absolute Gasteiger partial charge is 0.277 e. The van der Waals surface area contributed by atoms with Crippen molar-refractivity contribution in [3.8, 4) is 0 Å². The molecule has 0 unspecified atom stereocenters. The van der Waals surface area contributed by atoms with Crippen LogP contribution in [0.3, 0.4) is 0 Å². The van der Waals surface area contributed by atoms with Gasteiger partial charge in [0, 0.05) is 11.9 Å². The average molecular weight is 364 g/mol. The second-order valence-corrected chi connectivity index (χ2v) is 6.39. The molecule has 2 aromatic carbocycles. The van der Waals surface area contributed by atoms with Gasteiger partial charge in [-0.25, -0.2) is 9.37 Å². The Morgan fingerprint density at radius 3 is 2.67 bits per heavy atom. The molecule has 0 fully saturated rings. The average Bonchev–Trinajstić information content (AvgIpc) is 2.95. The van der Waals surface area contributed by atoms with Crippen LogP contribution in [-0.4, -0.2) is 20.0 Å². The molecule has 0 aliphatic heterocycles. The fourth-order valence-corrected chi connectivity index (χ4v) is 3.35. The molecule has 0 saturated carbocycles. The largest absolute Gasteiger partial charge is 0.368 e. The number of nitrogens with two attached hydrogens (primary N) is 1. The van der Waals surface area contributed by atoms with Gasteiger partial charge in [0.2, 0.25) is 5.91 Å². The van der Waals surface area contributed by atoms with Gasteiger partial charge in [-0.05, 0) is 30.2 Å². The van der Waals surface area contributed by atoms with E-state index in [1.807, 2.05) is 30.3 Å². The summed E-state index contributed by atoms with van der Waals surface area (Å²) in [5.74, 6) is -1.02. The highest BCUT2D eigenvalue weighted by atomic mass is 19.1. The van der Waals surface area contributed by atoms with Gasteiger partial charge in [-0.2, -0.15) is 0 Å². The van der Waals surface area contributed by atoms with Crippen LogP contribution in [0.1, 0.15) is 5.56 Å². The van der Waals surface area contributed by atoms with Crippen molar-refractivity contribution in [2.75, 3.05) is 0 Å². The number of rotatable bonds is 5. The maximum atomic E-state index is 13.7. The molecule has 7 heteroatoms. The van der Waals surface area contributed by atoms with Crippen LogP contribution in [0, 0.1) is 5.82 Å². The van der Waals surface area contributed by atoms with Crippen molar-refractivity contribution in [1.82, 2.24) is 14.1 Å². The van der Waals surface area contributed by atoms with Crippen molar-refractivity contribution >= 4 is 27.8 Å². The number of primary amides is 1. The monoisotopic (exact) mass is 364 g/mol. The fourth-order valence-electron chi connectivity index (χ4n) is 3.35. The van der Waals surface area contributed by atoms with Gasteiger partial charge in [0.25, 0.3) is 5.56 Å². The second-order valence-electron chi connectivity index (χ2n) is 6.39. The molecule has 2 heterocycles. The Morgan fingerprint density at radius 1 is 1.15 bits per heavy atom. The van der Waals surface area contributed by atoms with Gasteiger partial charge in [0.1, 0.15) is 23.4 Å². The van der Waals surface area contributed by atoms with Gasteiger partial charge in [0.15, 0.2) is 0 Å². The fraction of sp³-hybridized carbons (Fsp3) is 0.150. The third-order valence-electron chi connectivity index (χ3n) is 4.59. The Bertz CT molecular complexity index is 1210. The molecular formula is C20H17FN4O2. The zero-order valence-corrected chi connectivity index (χ0v) is 14.4. The Hall–Kier alpha value is -3.48. The molecule has 4 rings (SSSR count). The third-order valence-corrected chi connectivity index (χ3v) is 4.59. The lowest BCUT2D eigenvalue weighted by Crippen LogP contribution is -2.26.